The fourth-order valence-electron chi connectivity index (χ4n) is 2.63. The van der Waals surface area contributed by atoms with Crippen molar-refractivity contribution < 1.29 is 14.0 Å². The molecule has 1 aliphatic rings. The van der Waals surface area contributed by atoms with E-state index < -0.39 is 0 Å². The number of hydrogen-bond acceptors (Lipinski definition) is 3. The first-order valence-corrected chi connectivity index (χ1v) is 9.72. The molecule has 1 aromatic rings. The zero-order valence-corrected chi connectivity index (χ0v) is 15.3. The Bertz CT molecular complexity index is 616. The summed E-state index contributed by atoms with van der Waals surface area (Å²) in [6.07, 6.45) is 8.00. The zero-order valence-electron chi connectivity index (χ0n) is 14.5. The molecule has 2 N–H and O–H groups in total. The van der Waals surface area contributed by atoms with Gasteiger partial charge in [-0.2, -0.15) is 0 Å². The maximum Gasteiger partial charge on any atom is 0.234 e. The molecular formula is C19H25FN2O2S. The van der Waals surface area contributed by atoms with Crippen molar-refractivity contribution in [3.8, 4) is 0 Å². The van der Waals surface area contributed by atoms with Gasteiger partial charge in [0.15, 0.2) is 0 Å². The Hall–Kier alpha value is -1.82. The van der Waals surface area contributed by atoms with Gasteiger partial charge in [0.05, 0.1) is 11.0 Å². The summed E-state index contributed by atoms with van der Waals surface area (Å²) in [6.45, 7) is 2.45. The highest BCUT2D eigenvalue weighted by molar-refractivity contribution is 8.01. The van der Waals surface area contributed by atoms with Crippen LogP contribution in [-0.2, 0) is 9.59 Å². The lowest BCUT2D eigenvalue weighted by atomic mass is 9.97. The van der Waals surface area contributed by atoms with Crippen LogP contribution in [0, 0.1) is 5.82 Å². The number of anilines is 1. The molecule has 0 saturated carbocycles. The lowest BCUT2D eigenvalue weighted by Crippen LogP contribution is -2.32. The minimum absolute atomic E-state index is 0.0454. The Labute approximate surface area is 152 Å². The summed E-state index contributed by atoms with van der Waals surface area (Å²) in [5.74, 6) is -0.418. The first kappa shape index (κ1) is 19.5. The Morgan fingerprint density at radius 3 is 2.68 bits per heavy atom. The van der Waals surface area contributed by atoms with E-state index in [0.29, 0.717) is 12.2 Å². The van der Waals surface area contributed by atoms with Crippen LogP contribution in [0.15, 0.2) is 35.9 Å². The van der Waals surface area contributed by atoms with Crippen molar-refractivity contribution in [2.75, 3.05) is 17.6 Å². The summed E-state index contributed by atoms with van der Waals surface area (Å²) < 4.78 is 12.8. The average Bonchev–Trinajstić information content (AvgIpc) is 2.62. The van der Waals surface area contributed by atoms with Crippen molar-refractivity contribution in [2.24, 2.45) is 0 Å². The van der Waals surface area contributed by atoms with E-state index in [4.69, 9.17) is 0 Å². The molecule has 2 amide bonds. The molecule has 2 rings (SSSR count). The topological polar surface area (TPSA) is 58.2 Å². The van der Waals surface area contributed by atoms with Crippen LogP contribution in [0.1, 0.15) is 39.0 Å². The lowest BCUT2D eigenvalue weighted by molar-refractivity contribution is -0.120. The number of hydrogen-bond donors (Lipinski definition) is 2. The zero-order chi connectivity index (χ0) is 18.1. The van der Waals surface area contributed by atoms with E-state index in [1.807, 2.05) is 0 Å². The van der Waals surface area contributed by atoms with Crippen LogP contribution < -0.4 is 10.6 Å². The van der Waals surface area contributed by atoms with Crippen LogP contribution in [0.4, 0.5) is 10.1 Å². The maximum absolute atomic E-state index is 12.8. The van der Waals surface area contributed by atoms with E-state index >= 15 is 0 Å². The molecule has 1 aliphatic carbocycles. The molecule has 136 valence electrons. The number of halogens is 1. The molecule has 1 atom stereocenters. The van der Waals surface area contributed by atoms with Crippen LogP contribution in [0.5, 0.6) is 0 Å². The number of benzene rings is 1. The molecule has 0 aliphatic heterocycles. The Morgan fingerprint density at radius 1 is 1.24 bits per heavy atom. The molecular weight excluding hydrogens is 339 g/mol. The quantitative estimate of drug-likeness (QED) is 0.688. The van der Waals surface area contributed by atoms with Crippen molar-refractivity contribution in [2.45, 2.75) is 44.3 Å². The summed E-state index contributed by atoms with van der Waals surface area (Å²) in [5, 5.41) is 5.33. The van der Waals surface area contributed by atoms with Crippen molar-refractivity contribution >= 4 is 29.3 Å². The number of allylic oxidation sites excluding steroid dienone is 1. The van der Waals surface area contributed by atoms with Crippen molar-refractivity contribution in [3.63, 3.8) is 0 Å². The van der Waals surface area contributed by atoms with Crippen molar-refractivity contribution in [1.29, 1.82) is 0 Å². The summed E-state index contributed by atoms with van der Waals surface area (Å²) in [7, 11) is 0. The second kappa shape index (κ2) is 10.2. The second-order valence-corrected chi connectivity index (χ2v) is 7.49. The van der Waals surface area contributed by atoms with Gasteiger partial charge in [-0.1, -0.05) is 11.6 Å². The summed E-state index contributed by atoms with van der Waals surface area (Å²) >= 11 is 1.29. The molecule has 0 heterocycles. The van der Waals surface area contributed by atoms with Gasteiger partial charge in [-0.25, -0.2) is 4.39 Å². The molecule has 0 aromatic heterocycles. The third-order valence-corrected chi connectivity index (χ3v) is 5.23. The predicted octanol–water partition coefficient (Wildman–Crippen LogP) is 3.89. The third-order valence-electron chi connectivity index (χ3n) is 4.09. The number of amides is 2. The van der Waals surface area contributed by atoms with E-state index in [1.165, 1.54) is 54.4 Å². The van der Waals surface area contributed by atoms with E-state index in [9.17, 15) is 14.0 Å². The molecule has 0 bridgehead atoms. The van der Waals surface area contributed by atoms with Crippen LogP contribution in [0.2, 0.25) is 0 Å². The average molecular weight is 364 g/mol. The van der Waals surface area contributed by atoms with Gasteiger partial charge in [0, 0.05) is 12.2 Å². The first-order chi connectivity index (χ1) is 12.0. The van der Waals surface area contributed by atoms with E-state index in [-0.39, 0.29) is 28.6 Å². The maximum atomic E-state index is 12.8. The lowest BCUT2D eigenvalue weighted by Gasteiger charge is -2.15. The van der Waals surface area contributed by atoms with Gasteiger partial charge in [-0.3, -0.25) is 9.59 Å². The van der Waals surface area contributed by atoms with Crippen molar-refractivity contribution in [1.82, 2.24) is 5.32 Å². The minimum atomic E-state index is -0.346. The van der Waals surface area contributed by atoms with E-state index in [2.05, 4.69) is 16.7 Å². The van der Waals surface area contributed by atoms with Gasteiger partial charge in [0.25, 0.3) is 0 Å². The van der Waals surface area contributed by atoms with Gasteiger partial charge in [0.1, 0.15) is 5.82 Å². The van der Waals surface area contributed by atoms with E-state index in [1.54, 1.807) is 6.92 Å². The fourth-order valence-corrected chi connectivity index (χ4v) is 3.34. The molecule has 25 heavy (non-hydrogen) atoms. The second-order valence-electron chi connectivity index (χ2n) is 6.16. The first-order valence-electron chi connectivity index (χ1n) is 8.67. The highest BCUT2D eigenvalue weighted by Gasteiger charge is 2.15. The van der Waals surface area contributed by atoms with Crippen LogP contribution in [0.25, 0.3) is 0 Å². The van der Waals surface area contributed by atoms with Gasteiger partial charge in [-0.05, 0) is 63.3 Å². The molecule has 0 saturated heterocycles. The number of carbonyl (C=O) groups excluding carboxylic acids is 2. The monoisotopic (exact) mass is 364 g/mol. The number of rotatable bonds is 8. The Morgan fingerprint density at radius 2 is 2.00 bits per heavy atom. The molecule has 6 heteroatoms. The van der Waals surface area contributed by atoms with Crippen LogP contribution in [-0.4, -0.2) is 29.4 Å². The normalized spacial score (nSPS) is 15.2. The summed E-state index contributed by atoms with van der Waals surface area (Å²) in [4.78, 5) is 23.9. The summed E-state index contributed by atoms with van der Waals surface area (Å²) in [6, 6.07) is 5.60. The Balaban J connectivity index is 1.63. The highest BCUT2D eigenvalue weighted by atomic mass is 32.2. The molecule has 0 radical (unpaired) electrons. The molecule has 1 aromatic carbocycles. The van der Waals surface area contributed by atoms with Crippen LogP contribution >= 0.6 is 11.8 Å². The minimum Gasteiger partial charge on any atom is -0.355 e. The van der Waals surface area contributed by atoms with Crippen molar-refractivity contribution in [3.05, 3.63) is 41.7 Å². The molecule has 1 unspecified atom stereocenters. The summed E-state index contributed by atoms with van der Waals surface area (Å²) in [5.41, 5.74) is 1.98. The fraction of sp³-hybridized carbons (Fsp3) is 0.474. The van der Waals surface area contributed by atoms with Gasteiger partial charge in [0.2, 0.25) is 11.8 Å². The van der Waals surface area contributed by atoms with Crippen LogP contribution in [0.3, 0.4) is 0 Å². The van der Waals surface area contributed by atoms with Gasteiger partial charge >= 0.3 is 0 Å². The number of carbonyl (C=O) groups is 2. The smallest absolute Gasteiger partial charge is 0.234 e. The molecule has 4 nitrogen and oxygen atoms in total. The standard InChI is InChI=1S/C19H25FN2O2S/c1-14(19(24)21-12-11-15-5-3-2-4-6-15)25-13-18(23)22-17-9-7-16(20)8-10-17/h5,7-10,14H,2-4,6,11-13H2,1H3,(H,21,24)(H,22,23). The largest absolute Gasteiger partial charge is 0.355 e. The molecule has 0 spiro atoms. The van der Waals surface area contributed by atoms with E-state index in [0.717, 1.165) is 19.3 Å². The third kappa shape index (κ3) is 7.30. The van der Waals surface area contributed by atoms with Gasteiger partial charge in [-0.15, -0.1) is 11.8 Å². The Kier molecular flexibility index (Phi) is 7.98. The number of thioether (sulfide) groups is 1. The SMILES string of the molecule is CC(SCC(=O)Nc1ccc(F)cc1)C(=O)NCCC1=CCCCC1. The highest BCUT2D eigenvalue weighted by Crippen LogP contribution is 2.19. The number of nitrogens with one attached hydrogen (secondary N) is 2. The molecule has 0 fully saturated rings. The predicted molar refractivity (Wildman–Crippen MR) is 101 cm³/mol. The van der Waals surface area contributed by atoms with Gasteiger partial charge < -0.3 is 10.6 Å².